The highest BCUT2D eigenvalue weighted by molar-refractivity contribution is 6.05. The Hall–Kier alpha value is -3.45. The average molecular weight is 429 g/mol. The van der Waals surface area contributed by atoms with E-state index in [-0.39, 0.29) is 18.0 Å². The molecule has 0 unspecified atom stereocenters. The van der Waals surface area contributed by atoms with Gasteiger partial charge in [-0.15, -0.1) is 0 Å². The molecule has 1 amide bonds. The van der Waals surface area contributed by atoms with Crippen LogP contribution < -0.4 is 11.1 Å². The Kier molecular flexibility index (Phi) is 5.49. The maximum atomic E-state index is 13.1. The van der Waals surface area contributed by atoms with Gasteiger partial charge >= 0.3 is 0 Å². The van der Waals surface area contributed by atoms with Gasteiger partial charge in [-0.3, -0.25) is 14.5 Å². The van der Waals surface area contributed by atoms with Crippen molar-refractivity contribution < 1.29 is 4.79 Å². The first-order valence-electron chi connectivity index (χ1n) is 11.2. The normalized spacial score (nSPS) is 18.7. The van der Waals surface area contributed by atoms with E-state index >= 15 is 0 Å². The highest BCUT2D eigenvalue weighted by Crippen LogP contribution is 2.24. The minimum absolute atomic E-state index is 0.0207. The highest BCUT2D eigenvalue weighted by Gasteiger charge is 2.25. The van der Waals surface area contributed by atoms with Gasteiger partial charge in [-0.1, -0.05) is 37.1 Å². The molecule has 0 saturated heterocycles. The molecule has 0 radical (unpaired) electrons. The first kappa shape index (κ1) is 20.5. The number of benzene rings is 1. The van der Waals surface area contributed by atoms with Gasteiger partial charge in [0.05, 0.1) is 17.3 Å². The van der Waals surface area contributed by atoms with Gasteiger partial charge in [-0.2, -0.15) is 5.10 Å². The number of rotatable bonds is 5. The first-order chi connectivity index (χ1) is 15.6. The number of aromatic nitrogens is 4. The van der Waals surface area contributed by atoms with Gasteiger partial charge in [0.15, 0.2) is 0 Å². The van der Waals surface area contributed by atoms with E-state index in [0.29, 0.717) is 12.1 Å². The summed E-state index contributed by atoms with van der Waals surface area (Å²) in [5.41, 5.74) is 11.9. The monoisotopic (exact) mass is 428 g/mol. The van der Waals surface area contributed by atoms with Crippen molar-refractivity contribution in [3.63, 3.8) is 0 Å². The summed E-state index contributed by atoms with van der Waals surface area (Å²) in [6.07, 6.45) is 11.6. The largest absolute Gasteiger partial charge is 0.348 e. The third kappa shape index (κ3) is 4.03. The number of pyridine rings is 1. The molecule has 2 atom stereocenters. The maximum absolute atomic E-state index is 13.1. The smallest absolute Gasteiger partial charge is 0.255 e. The lowest BCUT2D eigenvalue weighted by Gasteiger charge is -2.29. The summed E-state index contributed by atoms with van der Waals surface area (Å²) in [5, 5.41) is 7.40. The van der Waals surface area contributed by atoms with Crippen molar-refractivity contribution in [1.29, 1.82) is 0 Å². The standard InChI is InChI=1S/C25H28N6O/c1-30-15-19(13-28-30)18-10-8-17(9-11-18)14-31-16-20(24-23(31)7-4-12-27-24)25(32)29-22-6-3-2-5-21(22)26/h4,7-13,15-16,21-22H,2-3,5-6,14,26H2,1H3,(H,29,32)/t21-,22-/m0/s1. The number of hydrogen-bond acceptors (Lipinski definition) is 4. The number of aryl methyl sites for hydroxylation is 1. The summed E-state index contributed by atoms with van der Waals surface area (Å²) in [7, 11) is 1.92. The van der Waals surface area contributed by atoms with Gasteiger partial charge in [0.25, 0.3) is 5.91 Å². The lowest BCUT2D eigenvalue weighted by molar-refractivity contribution is 0.0922. The molecule has 4 aromatic rings. The number of carbonyl (C=O) groups is 1. The Labute approximate surface area is 187 Å². The summed E-state index contributed by atoms with van der Waals surface area (Å²) in [5.74, 6) is -0.0956. The minimum Gasteiger partial charge on any atom is -0.348 e. The minimum atomic E-state index is -0.0956. The Bertz CT molecular complexity index is 1240. The molecule has 164 valence electrons. The second kappa shape index (κ2) is 8.59. The molecule has 0 bridgehead atoms. The molecule has 5 rings (SSSR count). The van der Waals surface area contributed by atoms with Crippen molar-refractivity contribution >= 4 is 16.9 Å². The van der Waals surface area contributed by atoms with Crippen LogP contribution in [0.3, 0.4) is 0 Å². The van der Waals surface area contributed by atoms with E-state index in [9.17, 15) is 4.79 Å². The fraction of sp³-hybridized carbons (Fsp3) is 0.320. The van der Waals surface area contributed by atoms with Crippen LogP contribution in [0.2, 0.25) is 0 Å². The number of amides is 1. The van der Waals surface area contributed by atoms with Crippen molar-refractivity contribution in [1.82, 2.24) is 24.6 Å². The summed E-state index contributed by atoms with van der Waals surface area (Å²) < 4.78 is 3.89. The van der Waals surface area contributed by atoms with Crippen LogP contribution in [0.1, 0.15) is 41.6 Å². The van der Waals surface area contributed by atoms with Crippen LogP contribution in [0.4, 0.5) is 0 Å². The lowest BCUT2D eigenvalue weighted by Crippen LogP contribution is -2.49. The maximum Gasteiger partial charge on any atom is 0.255 e. The van der Waals surface area contributed by atoms with E-state index in [1.807, 2.05) is 37.8 Å². The summed E-state index contributed by atoms with van der Waals surface area (Å²) >= 11 is 0. The predicted octanol–water partition coefficient (Wildman–Crippen LogP) is 3.48. The van der Waals surface area contributed by atoms with E-state index in [2.05, 4.69) is 44.2 Å². The molecule has 32 heavy (non-hydrogen) atoms. The third-order valence-electron chi connectivity index (χ3n) is 6.36. The highest BCUT2D eigenvalue weighted by atomic mass is 16.1. The van der Waals surface area contributed by atoms with Crippen molar-refractivity contribution in [2.75, 3.05) is 0 Å². The topological polar surface area (TPSA) is 90.8 Å². The number of hydrogen-bond donors (Lipinski definition) is 2. The fourth-order valence-corrected chi connectivity index (χ4v) is 4.57. The molecule has 1 fully saturated rings. The van der Waals surface area contributed by atoms with E-state index in [1.165, 1.54) is 0 Å². The van der Waals surface area contributed by atoms with Crippen LogP contribution in [0.25, 0.3) is 22.2 Å². The predicted molar refractivity (Wildman–Crippen MR) is 125 cm³/mol. The van der Waals surface area contributed by atoms with E-state index in [0.717, 1.165) is 53.4 Å². The SMILES string of the molecule is Cn1cc(-c2ccc(Cn3cc(C(=O)N[C@H]4CCCC[C@@H]4N)c4ncccc43)cc2)cn1. The van der Waals surface area contributed by atoms with E-state index in [1.54, 1.807) is 10.9 Å². The fourth-order valence-electron chi connectivity index (χ4n) is 4.57. The summed E-state index contributed by atoms with van der Waals surface area (Å²) in [6, 6.07) is 12.4. The Balaban J connectivity index is 1.39. The average Bonchev–Trinajstić information content (AvgIpc) is 3.40. The Morgan fingerprint density at radius 1 is 1.12 bits per heavy atom. The van der Waals surface area contributed by atoms with Crippen LogP contribution in [-0.2, 0) is 13.6 Å². The number of nitrogens with one attached hydrogen (secondary N) is 1. The van der Waals surface area contributed by atoms with Crippen molar-refractivity contribution in [3.8, 4) is 11.1 Å². The quantitative estimate of drug-likeness (QED) is 0.509. The van der Waals surface area contributed by atoms with Crippen LogP contribution >= 0.6 is 0 Å². The molecule has 0 spiro atoms. The summed E-state index contributed by atoms with van der Waals surface area (Å²) in [6.45, 7) is 0.658. The number of nitrogens with zero attached hydrogens (tertiary/aromatic N) is 4. The van der Waals surface area contributed by atoms with Crippen molar-refractivity contribution in [3.05, 3.63) is 72.3 Å². The van der Waals surface area contributed by atoms with Crippen LogP contribution in [-0.4, -0.2) is 37.3 Å². The summed E-state index contributed by atoms with van der Waals surface area (Å²) in [4.78, 5) is 17.6. The van der Waals surface area contributed by atoms with Crippen molar-refractivity contribution in [2.45, 2.75) is 44.3 Å². The molecule has 3 N–H and O–H groups in total. The molecule has 1 saturated carbocycles. The molecule has 1 aliphatic carbocycles. The van der Waals surface area contributed by atoms with Crippen LogP contribution in [0.5, 0.6) is 0 Å². The molecule has 1 aliphatic rings. The van der Waals surface area contributed by atoms with Gasteiger partial charge in [0.1, 0.15) is 5.52 Å². The first-order valence-corrected chi connectivity index (χ1v) is 11.2. The van der Waals surface area contributed by atoms with Gasteiger partial charge in [0, 0.05) is 49.8 Å². The van der Waals surface area contributed by atoms with Crippen molar-refractivity contribution in [2.24, 2.45) is 12.8 Å². The molecule has 3 aromatic heterocycles. The zero-order chi connectivity index (χ0) is 22.1. The van der Waals surface area contributed by atoms with Gasteiger partial charge in [0.2, 0.25) is 0 Å². The van der Waals surface area contributed by atoms with Crippen LogP contribution in [0, 0.1) is 0 Å². The third-order valence-corrected chi connectivity index (χ3v) is 6.36. The van der Waals surface area contributed by atoms with E-state index < -0.39 is 0 Å². The molecule has 3 heterocycles. The van der Waals surface area contributed by atoms with Gasteiger partial charge in [-0.25, -0.2) is 0 Å². The number of fused-ring (bicyclic) bond motifs is 1. The Morgan fingerprint density at radius 3 is 2.69 bits per heavy atom. The molecule has 7 nitrogen and oxygen atoms in total. The van der Waals surface area contributed by atoms with Gasteiger partial charge < -0.3 is 15.6 Å². The molecular formula is C25H28N6O. The number of carbonyl (C=O) groups excluding carboxylic acids is 1. The molecule has 0 aliphatic heterocycles. The number of nitrogens with two attached hydrogens (primary N) is 1. The zero-order valence-corrected chi connectivity index (χ0v) is 18.2. The molecule has 7 heteroatoms. The lowest BCUT2D eigenvalue weighted by atomic mass is 9.91. The zero-order valence-electron chi connectivity index (χ0n) is 18.2. The molecular weight excluding hydrogens is 400 g/mol. The van der Waals surface area contributed by atoms with Gasteiger partial charge in [-0.05, 0) is 36.1 Å². The molecule has 1 aromatic carbocycles. The second-order valence-electron chi connectivity index (χ2n) is 8.67. The van der Waals surface area contributed by atoms with Crippen LogP contribution in [0.15, 0.2) is 61.2 Å². The second-order valence-corrected chi connectivity index (χ2v) is 8.67. The Morgan fingerprint density at radius 2 is 1.94 bits per heavy atom. The van der Waals surface area contributed by atoms with E-state index in [4.69, 9.17) is 5.73 Å².